The molecule has 2 aromatic rings. The second-order valence-electron chi connectivity index (χ2n) is 6.44. The van der Waals surface area contributed by atoms with Crippen LogP contribution in [0.4, 0.5) is 11.4 Å². The van der Waals surface area contributed by atoms with E-state index in [2.05, 4.69) is 47.5 Å². The SMILES string of the molecule is CC.Cc1ccc(N2CCCC3(C2)C(=O)Nc2ccccc23)cc1. The number of hydrogen-bond donors (Lipinski definition) is 1. The van der Waals surface area contributed by atoms with Crippen LogP contribution in [0, 0.1) is 6.92 Å². The van der Waals surface area contributed by atoms with Gasteiger partial charge in [-0.05, 0) is 43.5 Å². The molecule has 0 aromatic heterocycles. The summed E-state index contributed by atoms with van der Waals surface area (Å²) in [6.07, 6.45) is 1.97. The Hall–Kier alpha value is -2.29. The number of rotatable bonds is 1. The van der Waals surface area contributed by atoms with E-state index in [1.807, 2.05) is 32.0 Å². The summed E-state index contributed by atoms with van der Waals surface area (Å²) in [5.74, 6) is 0.158. The Morgan fingerprint density at radius 1 is 1.04 bits per heavy atom. The van der Waals surface area contributed by atoms with Crippen LogP contribution in [0.2, 0.25) is 0 Å². The van der Waals surface area contributed by atoms with Gasteiger partial charge >= 0.3 is 0 Å². The molecule has 1 amide bonds. The predicted octanol–water partition coefficient (Wildman–Crippen LogP) is 4.51. The molecule has 1 N–H and O–H groups in total. The molecule has 0 radical (unpaired) electrons. The van der Waals surface area contributed by atoms with E-state index >= 15 is 0 Å². The minimum absolute atomic E-state index is 0.158. The number of fused-ring (bicyclic) bond motifs is 2. The van der Waals surface area contributed by atoms with Crippen molar-refractivity contribution in [3.05, 3.63) is 59.7 Å². The number of aryl methyl sites for hydroxylation is 1. The summed E-state index contributed by atoms with van der Waals surface area (Å²) in [4.78, 5) is 15.1. The highest BCUT2D eigenvalue weighted by Crippen LogP contribution is 2.44. The minimum Gasteiger partial charge on any atom is -0.370 e. The standard InChI is InChI=1S/C19H20N2O.C2H6/c1-14-7-9-15(10-8-14)21-12-4-11-19(13-21)16-5-2-3-6-17(16)20-18(19)22;1-2/h2-3,5-10H,4,11-13H2,1H3,(H,20,22);1-2H3. The number of hydrogen-bond acceptors (Lipinski definition) is 2. The smallest absolute Gasteiger partial charge is 0.236 e. The van der Waals surface area contributed by atoms with Crippen molar-refractivity contribution >= 4 is 17.3 Å². The molecular weight excluding hydrogens is 296 g/mol. The molecular formula is C21H26N2O. The molecule has 0 aliphatic carbocycles. The zero-order valence-electron chi connectivity index (χ0n) is 14.8. The summed E-state index contributed by atoms with van der Waals surface area (Å²) in [5, 5.41) is 3.07. The monoisotopic (exact) mass is 322 g/mol. The molecule has 2 aliphatic rings. The first-order valence-corrected chi connectivity index (χ1v) is 8.92. The van der Waals surface area contributed by atoms with Gasteiger partial charge in [0.25, 0.3) is 0 Å². The Labute approximate surface area is 144 Å². The topological polar surface area (TPSA) is 32.3 Å². The molecule has 1 unspecified atom stereocenters. The van der Waals surface area contributed by atoms with Crippen LogP contribution in [0.25, 0.3) is 0 Å². The summed E-state index contributed by atoms with van der Waals surface area (Å²) in [6.45, 7) is 7.88. The maximum Gasteiger partial charge on any atom is 0.236 e. The number of nitrogens with zero attached hydrogens (tertiary/aromatic N) is 1. The maximum atomic E-state index is 12.7. The van der Waals surface area contributed by atoms with Crippen molar-refractivity contribution in [2.24, 2.45) is 0 Å². The lowest BCUT2D eigenvalue weighted by molar-refractivity contribution is -0.121. The fraction of sp³-hybridized carbons (Fsp3) is 0.381. The summed E-state index contributed by atoms with van der Waals surface area (Å²) in [7, 11) is 0. The Kier molecular flexibility index (Phi) is 4.61. The summed E-state index contributed by atoms with van der Waals surface area (Å²) < 4.78 is 0. The Balaban J connectivity index is 0.000000815. The van der Waals surface area contributed by atoms with Gasteiger partial charge in [0, 0.05) is 24.5 Å². The van der Waals surface area contributed by atoms with Crippen molar-refractivity contribution in [2.45, 2.75) is 39.0 Å². The predicted molar refractivity (Wildman–Crippen MR) is 101 cm³/mol. The van der Waals surface area contributed by atoms with Gasteiger partial charge in [0.2, 0.25) is 5.91 Å². The lowest BCUT2D eigenvalue weighted by Crippen LogP contribution is -2.50. The molecule has 1 atom stereocenters. The number of carbonyl (C=O) groups is 1. The van der Waals surface area contributed by atoms with Gasteiger partial charge in [-0.25, -0.2) is 0 Å². The number of piperidine rings is 1. The molecule has 1 spiro atoms. The largest absolute Gasteiger partial charge is 0.370 e. The Morgan fingerprint density at radius 3 is 2.50 bits per heavy atom. The van der Waals surface area contributed by atoms with E-state index < -0.39 is 0 Å². The van der Waals surface area contributed by atoms with Gasteiger partial charge in [-0.3, -0.25) is 4.79 Å². The minimum atomic E-state index is -0.389. The van der Waals surface area contributed by atoms with Crippen LogP contribution in [0.1, 0.15) is 37.8 Å². The molecule has 126 valence electrons. The average Bonchev–Trinajstić information content (AvgIpc) is 2.89. The van der Waals surface area contributed by atoms with Crippen LogP contribution < -0.4 is 10.2 Å². The van der Waals surface area contributed by atoms with Crippen molar-refractivity contribution < 1.29 is 4.79 Å². The van der Waals surface area contributed by atoms with Crippen molar-refractivity contribution in [3.63, 3.8) is 0 Å². The molecule has 1 saturated heterocycles. The summed E-state index contributed by atoms with van der Waals surface area (Å²) >= 11 is 0. The third kappa shape index (κ3) is 2.68. The zero-order chi connectivity index (χ0) is 17.2. The van der Waals surface area contributed by atoms with Crippen molar-refractivity contribution in [1.29, 1.82) is 0 Å². The van der Waals surface area contributed by atoms with Crippen LogP contribution in [-0.4, -0.2) is 19.0 Å². The van der Waals surface area contributed by atoms with Gasteiger partial charge in [-0.1, -0.05) is 49.7 Å². The van der Waals surface area contributed by atoms with Crippen LogP contribution >= 0.6 is 0 Å². The number of carbonyl (C=O) groups excluding carboxylic acids is 1. The first-order chi connectivity index (χ1) is 11.7. The molecule has 1 fully saturated rings. The molecule has 3 heteroatoms. The fourth-order valence-corrected chi connectivity index (χ4v) is 3.81. The molecule has 0 saturated carbocycles. The van der Waals surface area contributed by atoms with E-state index in [0.29, 0.717) is 0 Å². The van der Waals surface area contributed by atoms with Crippen LogP contribution in [0.5, 0.6) is 0 Å². The third-order valence-corrected chi connectivity index (χ3v) is 5.02. The molecule has 2 aromatic carbocycles. The van der Waals surface area contributed by atoms with Crippen LogP contribution in [0.3, 0.4) is 0 Å². The van der Waals surface area contributed by atoms with Gasteiger partial charge < -0.3 is 10.2 Å². The van der Waals surface area contributed by atoms with E-state index in [-0.39, 0.29) is 11.3 Å². The Bertz CT molecular complexity index is 723. The Morgan fingerprint density at radius 2 is 1.75 bits per heavy atom. The molecule has 3 nitrogen and oxygen atoms in total. The van der Waals surface area contributed by atoms with Crippen molar-refractivity contribution in [3.8, 4) is 0 Å². The lowest BCUT2D eigenvalue weighted by atomic mass is 9.75. The van der Waals surface area contributed by atoms with Gasteiger partial charge in [-0.2, -0.15) is 0 Å². The maximum absolute atomic E-state index is 12.7. The molecule has 2 aliphatic heterocycles. The highest BCUT2D eigenvalue weighted by atomic mass is 16.2. The zero-order valence-corrected chi connectivity index (χ0v) is 14.8. The van der Waals surface area contributed by atoms with Gasteiger partial charge in [0.05, 0.1) is 5.41 Å². The van der Waals surface area contributed by atoms with Gasteiger partial charge in [0.1, 0.15) is 0 Å². The second-order valence-corrected chi connectivity index (χ2v) is 6.44. The van der Waals surface area contributed by atoms with E-state index in [1.54, 1.807) is 0 Å². The van der Waals surface area contributed by atoms with Gasteiger partial charge in [-0.15, -0.1) is 0 Å². The normalized spacial score (nSPS) is 21.8. The first kappa shape index (κ1) is 16.6. The number of para-hydroxylation sites is 1. The summed E-state index contributed by atoms with van der Waals surface area (Å²) in [5.41, 5.74) is 4.23. The van der Waals surface area contributed by atoms with Crippen molar-refractivity contribution in [1.82, 2.24) is 0 Å². The highest BCUT2D eigenvalue weighted by Gasteiger charge is 2.49. The number of benzene rings is 2. The molecule has 24 heavy (non-hydrogen) atoms. The molecule has 4 rings (SSSR count). The first-order valence-electron chi connectivity index (χ1n) is 8.92. The third-order valence-electron chi connectivity index (χ3n) is 5.02. The molecule has 0 bridgehead atoms. The molecule has 2 heterocycles. The number of anilines is 2. The quantitative estimate of drug-likeness (QED) is 0.837. The van der Waals surface area contributed by atoms with Crippen LogP contribution in [0.15, 0.2) is 48.5 Å². The lowest BCUT2D eigenvalue weighted by Gasteiger charge is -2.40. The van der Waals surface area contributed by atoms with Crippen LogP contribution in [-0.2, 0) is 10.2 Å². The van der Waals surface area contributed by atoms with E-state index in [4.69, 9.17) is 0 Å². The van der Waals surface area contributed by atoms with E-state index in [9.17, 15) is 4.79 Å². The number of amides is 1. The fourth-order valence-electron chi connectivity index (χ4n) is 3.81. The van der Waals surface area contributed by atoms with E-state index in [0.717, 1.165) is 37.2 Å². The highest BCUT2D eigenvalue weighted by molar-refractivity contribution is 6.06. The average molecular weight is 322 g/mol. The van der Waals surface area contributed by atoms with E-state index in [1.165, 1.54) is 11.3 Å². The number of nitrogens with one attached hydrogen (secondary N) is 1. The van der Waals surface area contributed by atoms with Crippen molar-refractivity contribution in [2.75, 3.05) is 23.3 Å². The van der Waals surface area contributed by atoms with Gasteiger partial charge in [0.15, 0.2) is 0 Å². The summed E-state index contributed by atoms with van der Waals surface area (Å²) in [6, 6.07) is 16.7. The second kappa shape index (κ2) is 6.68.